The van der Waals surface area contributed by atoms with Crippen LogP contribution in [0, 0.1) is 0 Å². The van der Waals surface area contributed by atoms with Crippen LogP contribution >= 0.6 is 0 Å². The highest BCUT2D eigenvalue weighted by molar-refractivity contribution is 7.89. The van der Waals surface area contributed by atoms with Gasteiger partial charge in [-0.25, -0.2) is 8.42 Å². The number of amides is 2. The molecule has 29 heavy (non-hydrogen) atoms. The van der Waals surface area contributed by atoms with E-state index in [1.54, 1.807) is 19.9 Å². The summed E-state index contributed by atoms with van der Waals surface area (Å²) >= 11 is 0. The van der Waals surface area contributed by atoms with E-state index in [9.17, 15) is 18.0 Å². The molecule has 2 N–H and O–H groups in total. The number of benzene rings is 1. The van der Waals surface area contributed by atoms with E-state index in [0.29, 0.717) is 37.7 Å². The number of hydrogen-bond acceptors (Lipinski definition) is 7. The molecule has 1 saturated heterocycles. The fourth-order valence-electron chi connectivity index (χ4n) is 3.01. The van der Waals surface area contributed by atoms with Gasteiger partial charge in [-0.05, 0) is 32.4 Å². The fourth-order valence-corrected chi connectivity index (χ4v) is 4.59. The zero-order valence-corrected chi connectivity index (χ0v) is 17.2. The number of carbonyl (C=O) groups excluding carboxylic acids is 2. The average Bonchev–Trinajstić information content (AvgIpc) is 2.71. The first-order valence-electron chi connectivity index (χ1n) is 9.41. The van der Waals surface area contributed by atoms with Crippen LogP contribution < -0.4 is 20.1 Å². The van der Waals surface area contributed by atoms with Crippen LogP contribution in [0.4, 0.5) is 0 Å². The molecule has 160 valence electrons. The van der Waals surface area contributed by atoms with E-state index in [4.69, 9.17) is 14.2 Å². The van der Waals surface area contributed by atoms with Gasteiger partial charge in [0.05, 0.1) is 18.0 Å². The van der Waals surface area contributed by atoms with E-state index >= 15 is 0 Å². The van der Waals surface area contributed by atoms with Crippen LogP contribution in [0.1, 0.15) is 20.3 Å². The highest BCUT2D eigenvalue weighted by Gasteiger charge is 2.35. The third-order valence-corrected chi connectivity index (χ3v) is 6.22. The summed E-state index contributed by atoms with van der Waals surface area (Å²) in [7, 11) is -3.91. The Morgan fingerprint density at radius 2 is 1.86 bits per heavy atom. The van der Waals surface area contributed by atoms with E-state index in [1.807, 2.05) is 0 Å². The molecule has 0 radical (unpaired) electrons. The Labute approximate surface area is 169 Å². The van der Waals surface area contributed by atoms with Gasteiger partial charge in [0.25, 0.3) is 0 Å². The van der Waals surface area contributed by atoms with Crippen LogP contribution in [-0.4, -0.2) is 69.7 Å². The molecule has 0 aliphatic carbocycles. The Morgan fingerprint density at radius 3 is 2.59 bits per heavy atom. The molecule has 1 fully saturated rings. The van der Waals surface area contributed by atoms with Crippen LogP contribution in [0.5, 0.6) is 11.5 Å². The number of carbonyl (C=O) groups is 2. The number of nitrogens with one attached hydrogen (secondary N) is 2. The molecule has 0 aromatic heterocycles. The van der Waals surface area contributed by atoms with Crippen molar-refractivity contribution in [3.63, 3.8) is 0 Å². The van der Waals surface area contributed by atoms with Gasteiger partial charge in [0.15, 0.2) is 11.5 Å². The molecule has 0 saturated carbocycles. The van der Waals surface area contributed by atoms with Crippen molar-refractivity contribution >= 4 is 21.8 Å². The number of ether oxygens (including phenoxy) is 3. The standard InChI is InChI=1S/C18H25N3O7S/c1-12(2)20-18(23)17(22)19-11-16-21(6-3-7-28-16)29(24,25)13-4-5-14-15(10-13)27-9-8-26-14/h4-5,10,12,16H,3,6-9,11H2,1-2H3,(H,19,22)(H,20,23)/t16-/m0/s1. The van der Waals surface area contributed by atoms with Gasteiger partial charge in [0, 0.05) is 18.7 Å². The van der Waals surface area contributed by atoms with Gasteiger partial charge in [0.2, 0.25) is 10.0 Å². The van der Waals surface area contributed by atoms with Gasteiger partial charge < -0.3 is 24.8 Å². The summed E-state index contributed by atoms with van der Waals surface area (Å²) in [6.07, 6.45) is -0.403. The van der Waals surface area contributed by atoms with Crippen molar-refractivity contribution in [3.05, 3.63) is 18.2 Å². The summed E-state index contributed by atoms with van der Waals surface area (Å²) in [6, 6.07) is 4.23. The molecule has 0 unspecified atom stereocenters. The predicted octanol–water partition coefficient (Wildman–Crippen LogP) is -0.164. The van der Waals surface area contributed by atoms with E-state index in [1.165, 1.54) is 16.4 Å². The maximum atomic E-state index is 13.2. The lowest BCUT2D eigenvalue weighted by Gasteiger charge is -2.34. The summed E-state index contributed by atoms with van der Waals surface area (Å²) in [6.45, 7) is 4.66. The molecule has 11 heteroatoms. The summed E-state index contributed by atoms with van der Waals surface area (Å²) < 4.78 is 44.0. The van der Waals surface area contributed by atoms with Crippen molar-refractivity contribution in [1.82, 2.24) is 14.9 Å². The lowest BCUT2D eigenvalue weighted by atomic mass is 10.3. The molecule has 10 nitrogen and oxygen atoms in total. The molecule has 0 bridgehead atoms. The molecular formula is C18H25N3O7S. The number of nitrogens with zero attached hydrogens (tertiary/aromatic N) is 1. The first-order chi connectivity index (χ1) is 13.8. The third kappa shape index (κ3) is 4.98. The maximum absolute atomic E-state index is 13.2. The molecule has 2 aliphatic heterocycles. The third-order valence-electron chi connectivity index (χ3n) is 4.34. The van der Waals surface area contributed by atoms with Gasteiger partial charge in [-0.3, -0.25) is 9.59 Å². The Kier molecular flexibility index (Phi) is 6.60. The second kappa shape index (κ2) is 8.97. The van der Waals surface area contributed by atoms with E-state index in [-0.39, 0.29) is 24.0 Å². The SMILES string of the molecule is CC(C)NC(=O)C(=O)NC[C@@H]1OCCCN1S(=O)(=O)c1ccc2c(c1)OCCO2. The zero-order valence-electron chi connectivity index (χ0n) is 16.3. The Morgan fingerprint density at radius 1 is 1.14 bits per heavy atom. The summed E-state index contributed by atoms with van der Waals surface area (Å²) in [5.41, 5.74) is 0. The number of sulfonamides is 1. The highest BCUT2D eigenvalue weighted by atomic mass is 32.2. The number of fused-ring (bicyclic) bond motifs is 1. The smallest absolute Gasteiger partial charge is 0.309 e. The zero-order chi connectivity index (χ0) is 21.0. The maximum Gasteiger partial charge on any atom is 0.309 e. The van der Waals surface area contributed by atoms with E-state index < -0.39 is 28.1 Å². The fraction of sp³-hybridized carbons (Fsp3) is 0.556. The number of hydrogen-bond donors (Lipinski definition) is 2. The van der Waals surface area contributed by atoms with Crippen LogP contribution in [0.15, 0.2) is 23.1 Å². The van der Waals surface area contributed by atoms with Crippen LogP contribution in [0.2, 0.25) is 0 Å². The lowest BCUT2D eigenvalue weighted by molar-refractivity contribution is -0.140. The van der Waals surface area contributed by atoms with Crippen LogP contribution in [0.3, 0.4) is 0 Å². The van der Waals surface area contributed by atoms with Crippen molar-refractivity contribution in [2.45, 2.75) is 37.4 Å². The van der Waals surface area contributed by atoms with Gasteiger partial charge in [-0.1, -0.05) is 0 Å². The van der Waals surface area contributed by atoms with Crippen molar-refractivity contribution < 1.29 is 32.2 Å². The van der Waals surface area contributed by atoms with Crippen molar-refractivity contribution in [1.29, 1.82) is 0 Å². The quantitative estimate of drug-likeness (QED) is 0.626. The molecule has 1 atom stereocenters. The van der Waals surface area contributed by atoms with Crippen LogP contribution in [0.25, 0.3) is 0 Å². The predicted molar refractivity (Wildman–Crippen MR) is 102 cm³/mol. The minimum Gasteiger partial charge on any atom is -0.486 e. The molecule has 2 aliphatic rings. The molecule has 3 rings (SSSR count). The minimum absolute atomic E-state index is 0.0427. The molecule has 1 aromatic rings. The van der Waals surface area contributed by atoms with Crippen molar-refractivity contribution in [2.75, 3.05) is 32.9 Å². The molecular weight excluding hydrogens is 402 g/mol. The summed E-state index contributed by atoms with van der Waals surface area (Å²) in [5, 5.41) is 4.91. The van der Waals surface area contributed by atoms with Gasteiger partial charge in [-0.15, -0.1) is 0 Å². The topological polar surface area (TPSA) is 123 Å². The molecule has 2 amide bonds. The number of rotatable bonds is 5. The van der Waals surface area contributed by atoms with E-state index in [2.05, 4.69) is 10.6 Å². The van der Waals surface area contributed by atoms with Gasteiger partial charge >= 0.3 is 11.8 Å². The highest BCUT2D eigenvalue weighted by Crippen LogP contribution is 2.34. The summed E-state index contributed by atoms with van der Waals surface area (Å²) in [4.78, 5) is 23.7. The Balaban J connectivity index is 1.73. The first-order valence-corrected chi connectivity index (χ1v) is 10.8. The largest absolute Gasteiger partial charge is 0.486 e. The van der Waals surface area contributed by atoms with Crippen LogP contribution in [-0.2, 0) is 24.3 Å². The van der Waals surface area contributed by atoms with Gasteiger partial charge in [-0.2, -0.15) is 4.31 Å². The molecule has 2 heterocycles. The van der Waals surface area contributed by atoms with Crippen molar-refractivity contribution in [2.24, 2.45) is 0 Å². The van der Waals surface area contributed by atoms with E-state index in [0.717, 1.165) is 0 Å². The lowest BCUT2D eigenvalue weighted by Crippen LogP contribution is -2.53. The Bertz CT molecular complexity index is 872. The Hall–Kier alpha value is -2.37. The minimum atomic E-state index is -3.91. The second-order valence-electron chi connectivity index (χ2n) is 6.94. The monoisotopic (exact) mass is 427 g/mol. The second-order valence-corrected chi connectivity index (χ2v) is 8.83. The summed E-state index contributed by atoms with van der Waals surface area (Å²) in [5.74, 6) is -0.767. The average molecular weight is 427 g/mol. The van der Waals surface area contributed by atoms with Gasteiger partial charge in [0.1, 0.15) is 19.4 Å². The van der Waals surface area contributed by atoms with Crippen molar-refractivity contribution in [3.8, 4) is 11.5 Å². The molecule has 1 aromatic carbocycles. The molecule has 0 spiro atoms. The first kappa shape index (κ1) is 21.3. The normalized spacial score (nSPS) is 19.6.